The molecule has 0 saturated carbocycles. The van der Waals surface area contributed by atoms with Gasteiger partial charge in [0.05, 0.1) is 17.7 Å². The first-order valence-electron chi connectivity index (χ1n) is 7.74. The Bertz CT molecular complexity index is 889. The van der Waals surface area contributed by atoms with E-state index < -0.39 is 34.2 Å². The Morgan fingerprint density at radius 2 is 2.00 bits per heavy atom. The predicted molar refractivity (Wildman–Crippen MR) is 86.7 cm³/mol. The molecule has 0 saturated heterocycles. The molecule has 8 nitrogen and oxygen atoms in total. The molecule has 1 atom stereocenters. The zero-order chi connectivity index (χ0) is 19.8. The van der Waals surface area contributed by atoms with Gasteiger partial charge in [-0.3, -0.25) is 14.9 Å². The number of rotatable bonds is 4. The average molecular weight is 382 g/mol. The van der Waals surface area contributed by atoms with Crippen molar-refractivity contribution < 1.29 is 27.6 Å². The van der Waals surface area contributed by atoms with E-state index in [1.165, 1.54) is 23.4 Å². The van der Waals surface area contributed by atoms with Gasteiger partial charge in [0.25, 0.3) is 5.69 Å². The van der Waals surface area contributed by atoms with Crippen LogP contribution in [0.3, 0.4) is 0 Å². The van der Waals surface area contributed by atoms with Crippen LogP contribution < -0.4 is 4.90 Å². The number of aromatic nitrogens is 2. The van der Waals surface area contributed by atoms with Crippen molar-refractivity contribution in [1.82, 2.24) is 9.97 Å². The number of hydrogen-bond acceptors (Lipinski definition) is 7. The lowest BCUT2D eigenvalue weighted by molar-refractivity contribution is -0.385. The van der Waals surface area contributed by atoms with Crippen LogP contribution in [-0.4, -0.2) is 40.7 Å². The lowest BCUT2D eigenvalue weighted by atomic mass is 9.93. The maximum Gasteiger partial charge on any atom is 0.406 e. The number of carbonyl (C=O) groups is 1. The molecule has 1 aliphatic heterocycles. The third kappa shape index (κ3) is 3.39. The molecule has 3 rings (SSSR count). The normalized spacial score (nSPS) is 14.6. The summed E-state index contributed by atoms with van der Waals surface area (Å²) in [4.78, 5) is 31.8. The van der Waals surface area contributed by atoms with Gasteiger partial charge in [-0.15, -0.1) is 0 Å². The summed E-state index contributed by atoms with van der Waals surface area (Å²) in [5.41, 5.74) is -0.731. The number of alkyl halides is 3. The highest BCUT2D eigenvalue weighted by atomic mass is 19.4. The van der Waals surface area contributed by atoms with Crippen molar-refractivity contribution in [2.24, 2.45) is 0 Å². The molecule has 0 N–H and O–H groups in total. The van der Waals surface area contributed by atoms with Crippen molar-refractivity contribution in [2.45, 2.75) is 18.5 Å². The molecule has 2 aromatic rings. The van der Waals surface area contributed by atoms with Crippen LogP contribution in [-0.2, 0) is 16.0 Å². The van der Waals surface area contributed by atoms with E-state index in [1.807, 2.05) is 0 Å². The van der Waals surface area contributed by atoms with Gasteiger partial charge in [0.1, 0.15) is 0 Å². The number of ether oxygens (including phenoxy) is 1. The number of carbonyl (C=O) groups excluding carboxylic acids is 1. The molecule has 11 heteroatoms. The van der Waals surface area contributed by atoms with Crippen LogP contribution in [0, 0.1) is 10.1 Å². The number of benzene rings is 1. The maximum atomic E-state index is 13.7. The molecule has 0 fully saturated rings. The van der Waals surface area contributed by atoms with E-state index in [-0.39, 0.29) is 24.6 Å². The standard InChI is InChI=1S/C16H13F3N4O4/c1-27-14(24)12(16(17,18)19)11-8-10(23(25)26)7-9-3-6-22(13(9)11)15-20-4-2-5-21-15/h2,4-5,7-8,12H,3,6H2,1H3. The predicted octanol–water partition coefficient (Wildman–Crippen LogP) is 2.90. The third-order valence-electron chi connectivity index (χ3n) is 4.16. The first-order valence-corrected chi connectivity index (χ1v) is 7.74. The van der Waals surface area contributed by atoms with E-state index in [4.69, 9.17) is 0 Å². The summed E-state index contributed by atoms with van der Waals surface area (Å²) < 4.78 is 45.3. The zero-order valence-electron chi connectivity index (χ0n) is 13.9. The van der Waals surface area contributed by atoms with Gasteiger partial charge in [-0.1, -0.05) is 0 Å². The zero-order valence-corrected chi connectivity index (χ0v) is 13.9. The van der Waals surface area contributed by atoms with Gasteiger partial charge in [-0.25, -0.2) is 9.97 Å². The topological polar surface area (TPSA) is 98.5 Å². The molecule has 0 bridgehead atoms. The van der Waals surface area contributed by atoms with Gasteiger partial charge < -0.3 is 9.64 Å². The number of fused-ring (bicyclic) bond motifs is 1. The smallest absolute Gasteiger partial charge is 0.406 e. The Hall–Kier alpha value is -3.24. The van der Waals surface area contributed by atoms with E-state index in [2.05, 4.69) is 14.7 Å². The number of hydrogen-bond donors (Lipinski definition) is 0. The van der Waals surface area contributed by atoms with Crippen LogP contribution in [0.25, 0.3) is 0 Å². The van der Waals surface area contributed by atoms with Crippen LogP contribution in [0.5, 0.6) is 0 Å². The van der Waals surface area contributed by atoms with Crippen molar-refractivity contribution in [3.8, 4) is 0 Å². The molecule has 0 spiro atoms. The maximum absolute atomic E-state index is 13.7. The first-order chi connectivity index (χ1) is 12.7. The molecule has 0 radical (unpaired) electrons. The number of nitrogens with zero attached hydrogens (tertiary/aromatic N) is 4. The summed E-state index contributed by atoms with van der Waals surface area (Å²) >= 11 is 0. The summed E-state index contributed by atoms with van der Waals surface area (Å²) in [7, 11) is 0.830. The summed E-state index contributed by atoms with van der Waals surface area (Å²) in [6.45, 7) is 0.221. The lowest BCUT2D eigenvalue weighted by Crippen LogP contribution is -2.31. The third-order valence-corrected chi connectivity index (χ3v) is 4.16. The molecule has 0 aliphatic carbocycles. The molecule has 0 amide bonds. The number of anilines is 2. The summed E-state index contributed by atoms with van der Waals surface area (Å²) in [6, 6.07) is 3.51. The van der Waals surface area contributed by atoms with Crippen molar-refractivity contribution in [3.05, 3.63) is 51.8 Å². The minimum atomic E-state index is -5.00. The van der Waals surface area contributed by atoms with Crippen molar-refractivity contribution >= 4 is 23.3 Å². The highest BCUT2D eigenvalue weighted by Gasteiger charge is 2.50. The molecule has 1 unspecified atom stereocenters. The Morgan fingerprint density at radius 3 is 2.56 bits per heavy atom. The second-order valence-electron chi connectivity index (χ2n) is 5.75. The molecular weight excluding hydrogens is 369 g/mol. The molecule has 1 aromatic carbocycles. The lowest BCUT2D eigenvalue weighted by Gasteiger charge is -2.25. The SMILES string of the molecule is COC(=O)C(c1cc([N+](=O)[O-])cc2c1N(c1ncccn1)CC2)C(F)(F)F. The van der Waals surface area contributed by atoms with Gasteiger partial charge in [-0.2, -0.15) is 13.2 Å². The van der Waals surface area contributed by atoms with E-state index in [9.17, 15) is 28.1 Å². The molecule has 1 aromatic heterocycles. The Labute approximate surface area is 150 Å². The second kappa shape index (κ2) is 6.82. The largest absolute Gasteiger partial charge is 0.468 e. The van der Waals surface area contributed by atoms with Gasteiger partial charge in [-0.05, 0) is 18.1 Å². The monoisotopic (exact) mass is 382 g/mol. The molecule has 1 aliphatic rings. The van der Waals surface area contributed by atoms with Gasteiger partial charge in [0.15, 0.2) is 5.92 Å². The summed E-state index contributed by atoms with van der Waals surface area (Å²) in [6.07, 6.45) is -1.91. The van der Waals surface area contributed by atoms with Crippen LogP contribution in [0.1, 0.15) is 17.0 Å². The fraction of sp³-hybridized carbons (Fsp3) is 0.312. The van der Waals surface area contributed by atoms with Crippen LogP contribution in [0.2, 0.25) is 0 Å². The second-order valence-corrected chi connectivity index (χ2v) is 5.75. The summed E-state index contributed by atoms with van der Waals surface area (Å²) in [5, 5.41) is 11.2. The van der Waals surface area contributed by atoms with Gasteiger partial charge in [0.2, 0.25) is 5.95 Å². The van der Waals surface area contributed by atoms with Crippen molar-refractivity contribution in [1.29, 1.82) is 0 Å². The Balaban J connectivity index is 2.26. The van der Waals surface area contributed by atoms with Crippen LogP contribution in [0.15, 0.2) is 30.6 Å². The Kier molecular flexibility index (Phi) is 4.68. The van der Waals surface area contributed by atoms with Gasteiger partial charge in [0, 0.05) is 36.6 Å². The molecular formula is C16H13F3N4O4. The minimum absolute atomic E-state index is 0.0412. The van der Waals surface area contributed by atoms with Crippen molar-refractivity contribution in [2.75, 3.05) is 18.6 Å². The van der Waals surface area contributed by atoms with E-state index >= 15 is 0 Å². The number of non-ortho nitro benzene ring substituents is 1. The number of halogens is 3. The number of nitro benzene ring substituents is 1. The number of nitro groups is 1. The van der Waals surface area contributed by atoms with Crippen LogP contribution in [0.4, 0.5) is 30.5 Å². The first kappa shape index (κ1) is 18.5. The molecule has 2 heterocycles. The quantitative estimate of drug-likeness (QED) is 0.455. The van der Waals surface area contributed by atoms with Gasteiger partial charge >= 0.3 is 12.1 Å². The van der Waals surface area contributed by atoms with E-state index in [0.29, 0.717) is 5.56 Å². The minimum Gasteiger partial charge on any atom is -0.468 e. The van der Waals surface area contributed by atoms with E-state index in [0.717, 1.165) is 13.2 Å². The molecule has 142 valence electrons. The Morgan fingerprint density at radius 1 is 1.33 bits per heavy atom. The van der Waals surface area contributed by atoms with Crippen LogP contribution >= 0.6 is 0 Å². The highest BCUT2D eigenvalue weighted by molar-refractivity contribution is 5.85. The number of methoxy groups -OCH3 is 1. The van der Waals surface area contributed by atoms with Crippen molar-refractivity contribution in [3.63, 3.8) is 0 Å². The fourth-order valence-corrected chi connectivity index (χ4v) is 3.08. The number of esters is 1. The summed E-state index contributed by atoms with van der Waals surface area (Å²) in [5.74, 6) is -4.08. The molecule has 27 heavy (non-hydrogen) atoms. The highest BCUT2D eigenvalue weighted by Crippen LogP contribution is 2.46. The average Bonchev–Trinajstić information content (AvgIpc) is 3.05. The fourth-order valence-electron chi connectivity index (χ4n) is 3.08. The van der Waals surface area contributed by atoms with E-state index in [1.54, 1.807) is 6.07 Å².